The first-order valence-electron chi connectivity index (χ1n) is 6.07. The smallest absolute Gasteiger partial charge is 0.408 e. The standard InChI is InChI=1S/C12H25NO4/c1-5-6-7-16-9-10(8-14)13-11(15)17-12(2,3)4/h10,14H,5-9H2,1-4H3,(H,13,15)/t10-/m0/s1. The Kier molecular flexibility index (Phi) is 7.91. The monoisotopic (exact) mass is 247 g/mol. The number of ether oxygens (including phenoxy) is 2. The lowest BCUT2D eigenvalue weighted by atomic mass is 10.2. The summed E-state index contributed by atoms with van der Waals surface area (Å²) >= 11 is 0. The number of amides is 1. The Bertz CT molecular complexity index is 213. The van der Waals surface area contributed by atoms with E-state index in [9.17, 15) is 4.79 Å². The van der Waals surface area contributed by atoms with Crippen LogP contribution in [0.3, 0.4) is 0 Å². The van der Waals surface area contributed by atoms with Crippen molar-refractivity contribution in [3.8, 4) is 0 Å². The molecule has 0 aromatic rings. The number of hydrogen-bond donors (Lipinski definition) is 2. The van der Waals surface area contributed by atoms with Crippen LogP contribution in [-0.2, 0) is 9.47 Å². The van der Waals surface area contributed by atoms with Crippen molar-refractivity contribution in [2.24, 2.45) is 0 Å². The van der Waals surface area contributed by atoms with Crippen molar-refractivity contribution in [3.05, 3.63) is 0 Å². The van der Waals surface area contributed by atoms with Crippen LogP contribution in [0.25, 0.3) is 0 Å². The highest BCUT2D eigenvalue weighted by Gasteiger charge is 2.19. The molecule has 0 aromatic carbocycles. The minimum atomic E-state index is -0.535. The quantitative estimate of drug-likeness (QED) is 0.672. The van der Waals surface area contributed by atoms with Gasteiger partial charge in [0, 0.05) is 6.61 Å². The average Bonchev–Trinajstić information content (AvgIpc) is 2.20. The lowest BCUT2D eigenvalue weighted by molar-refractivity contribution is 0.0384. The van der Waals surface area contributed by atoms with Crippen molar-refractivity contribution >= 4 is 6.09 Å². The van der Waals surface area contributed by atoms with Gasteiger partial charge in [0.1, 0.15) is 5.60 Å². The molecule has 102 valence electrons. The van der Waals surface area contributed by atoms with Crippen molar-refractivity contribution in [3.63, 3.8) is 0 Å². The first kappa shape index (κ1) is 16.2. The molecule has 0 rings (SSSR count). The highest BCUT2D eigenvalue weighted by atomic mass is 16.6. The van der Waals surface area contributed by atoms with E-state index in [-0.39, 0.29) is 6.61 Å². The van der Waals surface area contributed by atoms with Gasteiger partial charge < -0.3 is 19.9 Å². The largest absolute Gasteiger partial charge is 0.444 e. The number of nitrogens with one attached hydrogen (secondary N) is 1. The van der Waals surface area contributed by atoms with Crippen molar-refractivity contribution < 1.29 is 19.4 Å². The summed E-state index contributed by atoms with van der Waals surface area (Å²) in [5.41, 5.74) is -0.535. The number of carbonyl (C=O) groups excluding carboxylic acids is 1. The van der Waals surface area contributed by atoms with Gasteiger partial charge in [-0.05, 0) is 27.2 Å². The first-order chi connectivity index (χ1) is 7.89. The van der Waals surface area contributed by atoms with Gasteiger partial charge in [0.15, 0.2) is 0 Å². The second-order valence-corrected chi connectivity index (χ2v) is 4.95. The fourth-order valence-electron chi connectivity index (χ4n) is 1.09. The molecule has 0 aliphatic carbocycles. The van der Waals surface area contributed by atoms with Gasteiger partial charge in [-0.3, -0.25) is 0 Å². The second-order valence-electron chi connectivity index (χ2n) is 4.95. The number of rotatable bonds is 7. The van der Waals surface area contributed by atoms with E-state index >= 15 is 0 Å². The molecule has 5 nitrogen and oxygen atoms in total. The van der Waals surface area contributed by atoms with Gasteiger partial charge in [-0.2, -0.15) is 0 Å². The predicted molar refractivity (Wildman–Crippen MR) is 66.0 cm³/mol. The van der Waals surface area contributed by atoms with E-state index in [0.717, 1.165) is 12.8 Å². The molecule has 0 aliphatic rings. The molecule has 1 atom stereocenters. The van der Waals surface area contributed by atoms with Gasteiger partial charge >= 0.3 is 6.09 Å². The van der Waals surface area contributed by atoms with E-state index in [0.29, 0.717) is 13.2 Å². The molecule has 17 heavy (non-hydrogen) atoms. The molecule has 0 heterocycles. The SMILES string of the molecule is CCCCOC[C@H](CO)NC(=O)OC(C)(C)C. The zero-order valence-electron chi connectivity index (χ0n) is 11.3. The molecule has 0 spiro atoms. The average molecular weight is 247 g/mol. The number of carbonyl (C=O) groups is 1. The van der Waals surface area contributed by atoms with Crippen molar-refractivity contribution in [2.75, 3.05) is 19.8 Å². The third-order valence-electron chi connectivity index (χ3n) is 1.90. The normalized spacial score (nSPS) is 13.2. The van der Waals surface area contributed by atoms with E-state index in [1.165, 1.54) is 0 Å². The number of unbranched alkanes of at least 4 members (excludes halogenated alkanes) is 1. The second kappa shape index (κ2) is 8.31. The molecule has 0 aliphatic heterocycles. The van der Waals surface area contributed by atoms with Crippen LogP contribution in [0, 0.1) is 0 Å². The third kappa shape index (κ3) is 10.1. The Morgan fingerprint density at radius 1 is 1.41 bits per heavy atom. The lowest BCUT2D eigenvalue weighted by Crippen LogP contribution is -2.43. The van der Waals surface area contributed by atoms with Crippen LogP contribution >= 0.6 is 0 Å². The van der Waals surface area contributed by atoms with Gasteiger partial charge in [0.25, 0.3) is 0 Å². The lowest BCUT2D eigenvalue weighted by Gasteiger charge is -2.22. The van der Waals surface area contributed by atoms with E-state index in [4.69, 9.17) is 14.6 Å². The first-order valence-corrected chi connectivity index (χ1v) is 6.07. The molecule has 0 fully saturated rings. The minimum Gasteiger partial charge on any atom is -0.444 e. The zero-order valence-corrected chi connectivity index (χ0v) is 11.3. The molecule has 5 heteroatoms. The van der Waals surface area contributed by atoms with E-state index < -0.39 is 17.7 Å². The number of aliphatic hydroxyl groups excluding tert-OH is 1. The highest BCUT2D eigenvalue weighted by Crippen LogP contribution is 2.06. The Labute approximate surface area is 103 Å². The summed E-state index contributed by atoms with van der Waals surface area (Å²) in [5, 5.41) is 11.6. The maximum atomic E-state index is 11.4. The summed E-state index contributed by atoms with van der Waals surface area (Å²) in [4.78, 5) is 11.4. The molecule has 0 aromatic heterocycles. The van der Waals surface area contributed by atoms with Gasteiger partial charge in [0.2, 0.25) is 0 Å². The van der Waals surface area contributed by atoms with Crippen LogP contribution in [0.15, 0.2) is 0 Å². The summed E-state index contributed by atoms with van der Waals surface area (Å²) in [7, 11) is 0. The molecule has 2 N–H and O–H groups in total. The Balaban J connectivity index is 3.83. The van der Waals surface area contributed by atoms with Gasteiger partial charge in [0.05, 0.1) is 19.3 Å². The van der Waals surface area contributed by atoms with Crippen LogP contribution in [0.5, 0.6) is 0 Å². The minimum absolute atomic E-state index is 0.161. The molecule has 0 unspecified atom stereocenters. The van der Waals surface area contributed by atoms with Gasteiger partial charge in [-0.1, -0.05) is 13.3 Å². The summed E-state index contributed by atoms with van der Waals surface area (Å²) in [6.45, 7) is 8.23. The third-order valence-corrected chi connectivity index (χ3v) is 1.90. The van der Waals surface area contributed by atoms with Gasteiger partial charge in [-0.15, -0.1) is 0 Å². The summed E-state index contributed by atoms with van der Waals surface area (Å²) in [6, 6.07) is -0.415. The van der Waals surface area contributed by atoms with Crippen LogP contribution < -0.4 is 5.32 Å². The zero-order chi connectivity index (χ0) is 13.3. The summed E-state index contributed by atoms with van der Waals surface area (Å²) in [5.74, 6) is 0. The summed E-state index contributed by atoms with van der Waals surface area (Å²) < 4.78 is 10.4. The fourth-order valence-corrected chi connectivity index (χ4v) is 1.09. The Hall–Kier alpha value is -0.810. The van der Waals surface area contributed by atoms with Crippen LogP contribution in [0.4, 0.5) is 4.79 Å². The molecule has 0 radical (unpaired) electrons. The van der Waals surface area contributed by atoms with Crippen LogP contribution in [0.2, 0.25) is 0 Å². The van der Waals surface area contributed by atoms with E-state index in [1.54, 1.807) is 20.8 Å². The van der Waals surface area contributed by atoms with Crippen molar-refractivity contribution in [2.45, 2.75) is 52.2 Å². The molecular weight excluding hydrogens is 222 g/mol. The molecule has 0 saturated heterocycles. The number of aliphatic hydroxyl groups is 1. The Morgan fingerprint density at radius 3 is 2.53 bits per heavy atom. The molecule has 0 bridgehead atoms. The van der Waals surface area contributed by atoms with Crippen LogP contribution in [0.1, 0.15) is 40.5 Å². The van der Waals surface area contributed by atoms with Crippen LogP contribution in [-0.4, -0.2) is 42.7 Å². The van der Waals surface area contributed by atoms with E-state index in [2.05, 4.69) is 12.2 Å². The van der Waals surface area contributed by atoms with Crippen molar-refractivity contribution in [1.29, 1.82) is 0 Å². The highest BCUT2D eigenvalue weighted by molar-refractivity contribution is 5.68. The topological polar surface area (TPSA) is 67.8 Å². The maximum Gasteiger partial charge on any atom is 0.408 e. The number of alkyl carbamates (subject to hydrolysis) is 1. The summed E-state index contributed by atoms with van der Waals surface area (Å²) in [6.07, 6.45) is 1.50. The number of hydrogen-bond acceptors (Lipinski definition) is 4. The Morgan fingerprint density at radius 2 is 2.06 bits per heavy atom. The van der Waals surface area contributed by atoms with Crippen molar-refractivity contribution in [1.82, 2.24) is 5.32 Å². The van der Waals surface area contributed by atoms with E-state index in [1.807, 2.05) is 0 Å². The molecule has 1 amide bonds. The molecule has 0 saturated carbocycles. The predicted octanol–water partition coefficient (Wildman–Crippen LogP) is 1.69. The fraction of sp³-hybridized carbons (Fsp3) is 0.917. The maximum absolute atomic E-state index is 11.4. The molecular formula is C12H25NO4. The van der Waals surface area contributed by atoms with Gasteiger partial charge in [-0.25, -0.2) is 4.79 Å².